The average Bonchev–Trinajstić information content (AvgIpc) is 2.75. The topological polar surface area (TPSA) is 40.5 Å². The molecule has 0 amide bonds. The molecule has 1 unspecified atom stereocenters. The Labute approximate surface area is 193 Å². The number of para-hydroxylation sites is 1. The molecule has 162 valence electrons. The van der Waals surface area contributed by atoms with E-state index in [1.807, 2.05) is 30.3 Å². The van der Waals surface area contributed by atoms with Gasteiger partial charge in [0.1, 0.15) is 5.82 Å². The van der Waals surface area contributed by atoms with Gasteiger partial charge in [-0.1, -0.05) is 58.2 Å². The molecule has 0 saturated heterocycles. The number of nitrogens with zero attached hydrogens (tertiary/aromatic N) is 1. The second-order valence-electron chi connectivity index (χ2n) is 7.59. The Kier molecular flexibility index (Phi) is 7.99. The molecule has 0 radical (unpaired) electrons. The second-order valence-corrected chi connectivity index (χ2v) is 9.38. The van der Waals surface area contributed by atoms with Crippen LogP contribution in [0.25, 0.3) is 11.1 Å². The zero-order valence-electron chi connectivity index (χ0n) is 17.3. The second kappa shape index (κ2) is 10.5. The minimum atomic E-state index is -1.31. The Balaban J connectivity index is 2.11. The van der Waals surface area contributed by atoms with Crippen molar-refractivity contribution in [2.24, 2.45) is 5.92 Å². The molecule has 0 heterocycles. The quantitative estimate of drug-likeness (QED) is 0.336. The van der Waals surface area contributed by atoms with Crippen LogP contribution in [0, 0.1) is 11.7 Å². The molecule has 0 aromatic heterocycles. The summed E-state index contributed by atoms with van der Waals surface area (Å²) in [6.45, 7) is 5.22. The highest BCUT2D eigenvalue weighted by molar-refractivity contribution is 8.43. The van der Waals surface area contributed by atoms with E-state index in [0.29, 0.717) is 22.1 Å². The van der Waals surface area contributed by atoms with Crippen LogP contribution in [0.3, 0.4) is 0 Å². The number of hydrogen-bond donors (Lipinski definition) is 1. The zero-order chi connectivity index (χ0) is 22.5. The van der Waals surface area contributed by atoms with E-state index in [1.165, 1.54) is 17.4 Å². The van der Waals surface area contributed by atoms with Gasteiger partial charge >= 0.3 is 5.97 Å². The van der Waals surface area contributed by atoms with Gasteiger partial charge in [0.05, 0.1) is 16.3 Å². The van der Waals surface area contributed by atoms with Crippen molar-refractivity contribution in [3.8, 4) is 11.1 Å². The molecule has 0 aliphatic carbocycles. The van der Waals surface area contributed by atoms with E-state index in [4.69, 9.17) is 11.6 Å². The first-order chi connectivity index (χ1) is 14.8. The summed E-state index contributed by atoms with van der Waals surface area (Å²) in [4.78, 5) is 14.6. The molecule has 0 aliphatic heterocycles. The number of rotatable bonds is 8. The van der Waals surface area contributed by atoms with Crippen LogP contribution in [-0.2, 0) is 0 Å². The molecular formula is C24H24ClFNO2PS. The molecule has 0 fully saturated rings. The van der Waals surface area contributed by atoms with Gasteiger partial charge in [-0.05, 0) is 54.3 Å². The Morgan fingerprint density at radius 1 is 1.16 bits per heavy atom. The molecule has 0 bridgehead atoms. The van der Waals surface area contributed by atoms with Gasteiger partial charge in [-0.25, -0.2) is 9.18 Å². The maximum atomic E-state index is 13.9. The van der Waals surface area contributed by atoms with E-state index in [0.717, 1.165) is 35.3 Å². The van der Waals surface area contributed by atoms with Crippen LogP contribution in [0.1, 0.15) is 30.6 Å². The number of halogens is 2. The third-order valence-corrected chi connectivity index (χ3v) is 6.63. The predicted octanol–water partition coefficient (Wildman–Crippen LogP) is 7.91. The van der Waals surface area contributed by atoms with E-state index in [1.54, 1.807) is 6.07 Å². The van der Waals surface area contributed by atoms with Crippen molar-refractivity contribution in [3.63, 3.8) is 0 Å². The van der Waals surface area contributed by atoms with Gasteiger partial charge in [0.25, 0.3) is 0 Å². The molecule has 0 spiro atoms. The molecular weight excluding hydrogens is 452 g/mol. The summed E-state index contributed by atoms with van der Waals surface area (Å²) in [5, 5.41) is 9.74. The zero-order valence-corrected chi connectivity index (χ0v) is 20.0. The summed E-state index contributed by atoms with van der Waals surface area (Å²) < 4.78 is 13.9. The third kappa shape index (κ3) is 5.60. The highest BCUT2D eigenvalue weighted by Gasteiger charge is 2.19. The molecule has 0 saturated carbocycles. The number of anilines is 2. The highest BCUT2D eigenvalue weighted by Crippen LogP contribution is 2.43. The molecule has 1 N–H and O–H groups in total. The Morgan fingerprint density at radius 3 is 2.48 bits per heavy atom. The number of benzene rings is 3. The molecule has 3 rings (SSSR count). The molecule has 3 aromatic rings. The summed E-state index contributed by atoms with van der Waals surface area (Å²) in [5.74, 6) is -1.54. The minimum Gasteiger partial charge on any atom is -0.478 e. The maximum Gasteiger partial charge on any atom is 0.338 e. The molecule has 1 atom stereocenters. The van der Waals surface area contributed by atoms with E-state index >= 15 is 0 Å². The van der Waals surface area contributed by atoms with Crippen LogP contribution in [0.2, 0.25) is 5.02 Å². The van der Waals surface area contributed by atoms with Gasteiger partial charge in [0.15, 0.2) is 0 Å². The van der Waals surface area contributed by atoms with Gasteiger partial charge in [-0.2, -0.15) is 0 Å². The summed E-state index contributed by atoms with van der Waals surface area (Å²) in [5.41, 5.74) is 2.89. The van der Waals surface area contributed by atoms with Gasteiger partial charge in [-0.3, -0.25) is 0 Å². The van der Waals surface area contributed by atoms with Gasteiger partial charge in [0.2, 0.25) is 0 Å². The van der Waals surface area contributed by atoms with Crippen LogP contribution in [0.4, 0.5) is 15.8 Å². The SMILES string of the molecule is CC(C)CCN(c1ccccc1)c1cc(Cl)c(-c2ccc(F)c(C(=O)O)c2)cc1SP. The molecule has 3 nitrogen and oxygen atoms in total. The van der Waals surface area contributed by atoms with Gasteiger partial charge < -0.3 is 10.0 Å². The number of carboxylic acid groups (broad SMARTS) is 1. The number of hydrogen-bond acceptors (Lipinski definition) is 3. The van der Waals surface area contributed by atoms with Gasteiger partial charge in [-0.15, -0.1) is 11.4 Å². The lowest BCUT2D eigenvalue weighted by molar-refractivity contribution is 0.0692. The Hall–Kier alpha value is -2.07. The monoisotopic (exact) mass is 475 g/mol. The number of aromatic carboxylic acids is 1. The largest absolute Gasteiger partial charge is 0.478 e. The fourth-order valence-corrected chi connectivity index (χ4v) is 4.62. The van der Waals surface area contributed by atoms with E-state index in [2.05, 4.69) is 39.3 Å². The predicted molar refractivity (Wildman–Crippen MR) is 132 cm³/mol. The van der Waals surface area contributed by atoms with Crippen LogP contribution in [0.5, 0.6) is 0 Å². The lowest BCUT2D eigenvalue weighted by Crippen LogP contribution is -2.20. The lowest BCUT2D eigenvalue weighted by atomic mass is 10.0. The smallest absolute Gasteiger partial charge is 0.338 e. The van der Waals surface area contributed by atoms with Gasteiger partial charge in [0, 0.05) is 22.7 Å². The summed E-state index contributed by atoms with van der Waals surface area (Å²) in [6.07, 6.45) is 1.01. The number of carboxylic acids is 1. The Morgan fingerprint density at radius 2 is 1.87 bits per heavy atom. The summed E-state index contributed by atoms with van der Waals surface area (Å²) in [6, 6.07) is 18.0. The third-order valence-electron chi connectivity index (χ3n) is 4.97. The molecule has 3 aromatic carbocycles. The van der Waals surface area contributed by atoms with Crippen LogP contribution in [0.15, 0.2) is 65.6 Å². The van der Waals surface area contributed by atoms with Crippen LogP contribution in [-0.4, -0.2) is 17.6 Å². The molecule has 0 aliphatic rings. The number of carbonyl (C=O) groups is 1. The first kappa shape index (κ1) is 23.6. The first-order valence-corrected chi connectivity index (χ1v) is 12.5. The van der Waals surface area contributed by atoms with Crippen LogP contribution < -0.4 is 4.90 Å². The Bertz CT molecular complexity index is 1080. The van der Waals surface area contributed by atoms with Crippen molar-refractivity contribution >= 4 is 48.8 Å². The van der Waals surface area contributed by atoms with Crippen molar-refractivity contribution in [1.29, 1.82) is 0 Å². The minimum absolute atomic E-state index is 0.374. The van der Waals surface area contributed by atoms with Crippen molar-refractivity contribution in [2.75, 3.05) is 11.4 Å². The fraction of sp³-hybridized carbons (Fsp3) is 0.208. The average molecular weight is 476 g/mol. The van der Waals surface area contributed by atoms with E-state index in [9.17, 15) is 14.3 Å². The fourth-order valence-electron chi connectivity index (χ4n) is 3.31. The van der Waals surface area contributed by atoms with E-state index < -0.39 is 11.8 Å². The summed E-state index contributed by atoms with van der Waals surface area (Å²) in [7, 11) is 2.67. The van der Waals surface area contributed by atoms with Crippen molar-refractivity contribution < 1.29 is 14.3 Å². The lowest BCUT2D eigenvalue weighted by Gasteiger charge is -2.28. The normalized spacial score (nSPS) is 11.0. The summed E-state index contributed by atoms with van der Waals surface area (Å²) >= 11 is 8.18. The van der Waals surface area contributed by atoms with E-state index in [-0.39, 0.29) is 5.56 Å². The molecule has 31 heavy (non-hydrogen) atoms. The van der Waals surface area contributed by atoms with Crippen molar-refractivity contribution in [3.05, 3.63) is 77.1 Å². The first-order valence-electron chi connectivity index (χ1n) is 9.88. The van der Waals surface area contributed by atoms with Crippen molar-refractivity contribution in [2.45, 2.75) is 25.2 Å². The van der Waals surface area contributed by atoms with Crippen LogP contribution >= 0.6 is 31.4 Å². The maximum absolute atomic E-state index is 13.9. The molecule has 7 heteroatoms. The highest BCUT2D eigenvalue weighted by atomic mass is 35.5. The van der Waals surface area contributed by atoms with Crippen molar-refractivity contribution in [1.82, 2.24) is 0 Å². The standard InChI is InChI=1S/C24H24ClFNO2PS/c1-15(2)10-11-27(17-6-4-3-5-7-17)22-14-20(25)18(13-23(22)31-30)16-8-9-21(26)19(12-16)24(28)29/h3-9,12-15H,10-11,30H2,1-2H3,(H,28,29).